The summed E-state index contributed by atoms with van der Waals surface area (Å²) in [5.41, 5.74) is 14.8. The van der Waals surface area contributed by atoms with Crippen molar-refractivity contribution in [3.8, 4) is 33.8 Å². The van der Waals surface area contributed by atoms with Crippen LogP contribution >= 0.6 is 0 Å². The zero-order chi connectivity index (χ0) is 31.0. The van der Waals surface area contributed by atoms with Crippen molar-refractivity contribution < 1.29 is 4.74 Å². The minimum Gasteiger partial charge on any atom is -0.457 e. The molecule has 222 valence electrons. The van der Waals surface area contributed by atoms with Gasteiger partial charge in [0, 0.05) is 32.9 Å². The van der Waals surface area contributed by atoms with E-state index in [1.165, 1.54) is 77.4 Å². The Kier molecular flexibility index (Phi) is 5.65. The van der Waals surface area contributed by atoms with Crippen LogP contribution in [-0.4, -0.2) is 4.98 Å². The first-order valence-corrected chi connectivity index (χ1v) is 16.4. The lowest BCUT2D eigenvalue weighted by Crippen LogP contribution is -2.37. The first kappa shape index (κ1) is 26.4. The van der Waals surface area contributed by atoms with Crippen LogP contribution in [0.2, 0.25) is 0 Å². The second-order valence-electron chi connectivity index (χ2n) is 12.9. The van der Waals surface area contributed by atoms with Gasteiger partial charge in [0.1, 0.15) is 11.5 Å². The van der Waals surface area contributed by atoms with E-state index in [2.05, 4.69) is 163 Å². The van der Waals surface area contributed by atoms with Gasteiger partial charge in [0.05, 0.1) is 5.41 Å². The van der Waals surface area contributed by atoms with Gasteiger partial charge in [0.15, 0.2) is 0 Å². The van der Waals surface area contributed by atoms with Gasteiger partial charge in [-0.25, -0.2) is 0 Å². The topological polar surface area (TPSA) is 25.0 Å². The molecule has 10 rings (SSSR count). The molecule has 8 aromatic rings. The van der Waals surface area contributed by atoms with Gasteiger partial charge in [-0.05, 0) is 87.7 Å². The lowest BCUT2D eigenvalue weighted by Gasteiger charge is -2.42. The number of ether oxygens (including phenoxy) is 1. The van der Waals surface area contributed by atoms with Crippen LogP contribution in [-0.2, 0) is 18.3 Å². The number of para-hydroxylation sites is 2. The van der Waals surface area contributed by atoms with Crippen molar-refractivity contribution in [3.05, 3.63) is 191 Å². The minimum absolute atomic E-state index is 0.447. The van der Waals surface area contributed by atoms with Crippen LogP contribution in [0.4, 0.5) is 0 Å². The second-order valence-corrected chi connectivity index (χ2v) is 12.9. The Bertz CT molecular complexity index is 2510. The van der Waals surface area contributed by atoms with Crippen molar-refractivity contribution in [2.75, 3.05) is 0 Å². The van der Waals surface area contributed by atoms with Crippen LogP contribution in [0.25, 0.3) is 44.1 Å². The maximum atomic E-state index is 6.91. The van der Waals surface area contributed by atoms with Gasteiger partial charge in [-0.1, -0.05) is 127 Å². The number of nitrogens with one attached hydrogen (secondary N) is 1. The van der Waals surface area contributed by atoms with Gasteiger partial charge in [-0.2, -0.15) is 0 Å². The van der Waals surface area contributed by atoms with Gasteiger partial charge in [0.25, 0.3) is 0 Å². The van der Waals surface area contributed by atoms with Gasteiger partial charge in [-0.3, -0.25) is 0 Å². The average molecular weight is 602 g/mol. The monoisotopic (exact) mass is 601 g/mol. The normalized spacial score (nSPS) is 16.2. The molecule has 1 N–H and O–H groups in total. The van der Waals surface area contributed by atoms with E-state index in [1.54, 1.807) is 0 Å². The van der Waals surface area contributed by atoms with Crippen LogP contribution in [0.5, 0.6) is 11.5 Å². The molecular weight excluding hydrogens is 571 g/mol. The minimum atomic E-state index is -0.447. The first-order valence-electron chi connectivity index (χ1n) is 16.4. The number of hydrogen-bond donors (Lipinski definition) is 1. The Morgan fingerprint density at radius 3 is 2.06 bits per heavy atom. The van der Waals surface area contributed by atoms with Gasteiger partial charge < -0.3 is 9.72 Å². The summed E-state index contributed by atoms with van der Waals surface area (Å²) >= 11 is 0. The Morgan fingerprint density at radius 1 is 0.468 bits per heavy atom. The van der Waals surface area contributed by atoms with E-state index in [4.69, 9.17) is 4.74 Å². The lowest BCUT2D eigenvalue weighted by atomic mass is 9.59. The average Bonchev–Trinajstić information content (AvgIpc) is 3.43. The summed E-state index contributed by atoms with van der Waals surface area (Å²) in [6, 6.07) is 57.5. The lowest BCUT2D eigenvalue weighted by molar-refractivity contribution is 0.476. The predicted molar refractivity (Wildman–Crippen MR) is 192 cm³/mol. The maximum Gasteiger partial charge on any atom is 0.131 e. The highest BCUT2D eigenvalue weighted by atomic mass is 16.5. The molecule has 0 bridgehead atoms. The molecule has 2 heterocycles. The summed E-state index contributed by atoms with van der Waals surface area (Å²) < 4.78 is 6.91. The number of H-pyrrole nitrogens is 1. The van der Waals surface area contributed by atoms with Gasteiger partial charge in [0.2, 0.25) is 0 Å². The maximum absolute atomic E-state index is 6.91. The van der Waals surface area contributed by atoms with Crippen molar-refractivity contribution >= 4 is 21.8 Å². The molecule has 7 aromatic carbocycles. The van der Waals surface area contributed by atoms with Gasteiger partial charge in [-0.15, -0.1) is 0 Å². The molecule has 0 fully saturated rings. The quantitative estimate of drug-likeness (QED) is 0.209. The Morgan fingerprint density at radius 2 is 1.15 bits per heavy atom. The fourth-order valence-electron chi connectivity index (χ4n) is 8.49. The number of rotatable bonds is 2. The summed E-state index contributed by atoms with van der Waals surface area (Å²) in [6.07, 6.45) is 1.67. The highest BCUT2D eigenvalue weighted by Crippen LogP contribution is 2.56. The molecule has 2 aliphatic rings. The summed E-state index contributed by atoms with van der Waals surface area (Å²) in [5, 5.41) is 2.52. The van der Waals surface area contributed by atoms with Crippen molar-refractivity contribution in [2.45, 2.75) is 18.3 Å². The van der Waals surface area contributed by atoms with Crippen molar-refractivity contribution in [1.29, 1.82) is 0 Å². The Balaban J connectivity index is 1.27. The van der Waals surface area contributed by atoms with E-state index >= 15 is 0 Å². The summed E-state index contributed by atoms with van der Waals surface area (Å²) in [4.78, 5) is 3.61. The number of aromatic nitrogens is 1. The number of benzene rings is 7. The van der Waals surface area contributed by atoms with Crippen LogP contribution in [0.15, 0.2) is 158 Å². The zero-order valence-corrected chi connectivity index (χ0v) is 25.8. The third kappa shape index (κ3) is 3.85. The fourth-order valence-corrected chi connectivity index (χ4v) is 8.49. The fraction of sp³-hybridized carbons (Fsp3) is 0.0667. The molecule has 2 heteroatoms. The molecule has 47 heavy (non-hydrogen) atoms. The molecule has 1 spiro atoms. The highest BCUT2D eigenvalue weighted by Gasteiger charge is 2.46. The van der Waals surface area contributed by atoms with Crippen LogP contribution in [0.1, 0.15) is 33.4 Å². The number of aromatic amines is 1. The standard InChI is InChI=1S/C45H31NO/c1-2-12-29(13-3-1)32-17-11-23-43-37(32)28-45(40-19-7-9-22-44(40)47-43)38-18-6-4-14-31(38)27-35-33(16-10-20-39(35)45)30-24-25-42-36(26-30)34-15-5-8-21-41(34)46-42/h1-26,46H,27-28H2. The summed E-state index contributed by atoms with van der Waals surface area (Å²) in [6.45, 7) is 0. The molecule has 1 atom stereocenters. The smallest absolute Gasteiger partial charge is 0.131 e. The molecule has 0 saturated carbocycles. The van der Waals surface area contributed by atoms with Crippen molar-refractivity contribution in [3.63, 3.8) is 0 Å². The number of fused-ring (bicyclic) bond motifs is 10. The van der Waals surface area contributed by atoms with Gasteiger partial charge >= 0.3 is 0 Å². The molecule has 1 aliphatic heterocycles. The Hall–Kier alpha value is -5.86. The van der Waals surface area contributed by atoms with Crippen molar-refractivity contribution in [2.24, 2.45) is 0 Å². The summed E-state index contributed by atoms with van der Waals surface area (Å²) in [7, 11) is 0. The molecule has 1 aromatic heterocycles. The van der Waals surface area contributed by atoms with Crippen LogP contribution < -0.4 is 4.74 Å². The molecule has 2 nitrogen and oxygen atoms in total. The zero-order valence-electron chi connectivity index (χ0n) is 25.8. The third-order valence-electron chi connectivity index (χ3n) is 10.5. The summed E-state index contributed by atoms with van der Waals surface area (Å²) in [5.74, 6) is 1.85. The van der Waals surface area contributed by atoms with E-state index < -0.39 is 5.41 Å². The molecule has 1 unspecified atom stereocenters. The number of hydrogen-bond acceptors (Lipinski definition) is 1. The van der Waals surface area contributed by atoms with Crippen LogP contribution in [0, 0.1) is 0 Å². The van der Waals surface area contributed by atoms with E-state index in [1.807, 2.05) is 0 Å². The highest BCUT2D eigenvalue weighted by molar-refractivity contribution is 6.08. The van der Waals surface area contributed by atoms with E-state index in [-0.39, 0.29) is 0 Å². The molecule has 1 aliphatic carbocycles. The SMILES string of the molecule is c1ccc(-c2cccc3c2CC2(c4ccccc4Cc4c(-c5ccc6[nH]c7ccccc7c6c5)cccc42)c2ccccc2O3)cc1. The third-order valence-corrected chi connectivity index (χ3v) is 10.5. The largest absolute Gasteiger partial charge is 0.457 e. The second kappa shape index (κ2) is 10.1. The Labute approximate surface area is 273 Å². The van der Waals surface area contributed by atoms with E-state index in [0.29, 0.717) is 0 Å². The van der Waals surface area contributed by atoms with Crippen molar-refractivity contribution in [1.82, 2.24) is 4.98 Å². The molecule has 0 amide bonds. The van der Waals surface area contributed by atoms with E-state index in [0.717, 1.165) is 24.3 Å². The van der Waals surface area contributed by atoms with Crippen LogP contribution in [0.3, 0.4) is 0 Å². The first-order chi connectivity index (χ1) is 23.3. The van der Waals surface area contributed by atoms with E-state index in [9.17, 15) is 0 Å². The molecular formula is C45H31NO. The predicted octanol–water partition coefficient (Wildman–Crippen LogP) is 11.2. The molecule has 0 radical (unpaired) electrons. The molecule has 0 saturated heterocycles.